The van der Waals surface area contributed by atoms with Crippen molar-refractivity contribution in [2.75, 3.05) is 6.54 Å². The number of carboxylic acids is 1. The van der Waals surface area contributed by atoms with Gasteiger partial charge >= 0.3 is 12.0 Å². The molecule has 1 aliphatic carbocycles. The molecular weight excluding hydrogens is 234 g/mol. The third kappa shape index (κ3) is 2.05. The van der Waals surface area contributed by atoms with Gasteiger partial charge in [0.25, 0.3) is 0 Å². The van der Waals surface area contributed by atoms with Crippen molar-refractivity contribution in [2.45, 2.75) is 37.1 Å². The molecule has 0 bridgehead atoms. The number of hydrogen-bond donors (Lipinski definition) is 3. The Hall–Kier alpha value is -1.40. The van der Waals surface area contributed by atoms with E-state index < -0.39 is 29.4 Å². The Balaban J connectivity index is 2.14. The fourth-order valence-corrected chi connectivity index (χ4v) is 2.59. The molecule has 1 heterocycles. The lowest BCUT2D eigenvalue weighted by atomic mass is 9.74. The minimum absolute atomic E-state index is 0.0442. The van der Waals surface area contributed by atoms with Crippen molar-refractivity contribution in [1.29, 1.82) is 0 Å². The number of aliphatic carboxylic acids is 1. The predicted molar refractivity (Wildman–Crippen MR) is 53.8 cm³/mol. The van der Waals surface area contributed by atoms with Gasteiger partial charge in [0, 0.05) is 12.8 Å². The van der Waals surface area contributed by atoms with Gasteiger partial charge in [0.2, 0.25) is 5.92 Å². The second-order valence-electron chi connectivity index (χ2n) is 4.71. The SMILES string of the molecule is O=C1NCC(C(=O)O)(C2CCC(F)(F)CC2)N1. The first-order valence-corrected chi connectivity index (χ1v) is 5.53. The summed E-state index contributed by atoms with van der Waals surface area (Å²) in [5.74, 6) is -4.31. The summed E-state index contributed by atoms with van der Waals surface area (Å²) in [5.41, 5.74) is -1.42. The van der Waals surface area contributed by atoms with Crippen LogP contribution in [0, 0.1) is 5.92 Å². The maximum absolute atomic E-state index is 13.0. The van der Waals surface area contributed by atoms with E-state index in [1.165, 1.54) is 0 Å². The fourth-order valence-electron chi connectivity index (χ4n) is 2.59. The number of rotatable bonds is 2. The topological polar surface area (TPSA) is 78.4 Å². The zero-order valence-electron chi connectivity index (χ0n) is 9.13. The monoisotopic (exact) mass is 248 g/mol. The average Bonchev–Trinajstić information content (AvgIpc) is 2.61. The molecule has 1 atom stereocenters. The third-order valence-electron chi connectivity index (χ3n) is 3.66. The van der Waals surface area contributed by atoms with Gasteiger partial charge in [-0.3, -0.25) is 0 Å². The lowest BCUT2D eigenvalue weighted by molar-refractivity contribution is -0.148. The van der Waals surface area contributed by atoms with Crippen molar-refractivity contribution in [3.05, 3.63) is 0 Å². The predicted octanol–water partition coefficient (Wildman–Crippen LogP) is 0.948. The molecule has 5 nitrogen and oxygen atoms in total. The summed E-state index contributed by atoms with van der Waals surface area (Å²) in [5, 5.41) is 14.0. The van der Waals surface area contributed by atoms with Crippen LogP contribution in [0.4, 0.5) is 13.6 Å². The third-order valence-corrected chi connectivity index (χ3v) is 3.66. The molecule has 1 saturated carbocycles. The van der Waals surface area contributed by atoms with Gasteiger partial charge in [-0.1, -0.05) is 0 Å². The van der Waals surface area contributed by atoms with E-state index in [1.807, 2.05) is 0 Å². The van der Waals surface area contributed by atoms with Gasteiger partial charge in [-0.2, -0.15) is 0 Å². The molecule has 7 heteroatoms. The van der Waals surface area contributed by atoms with Crippen LogP contribution in [0.3, 0.4) is 0 Å². The molecule has 0 aromatic carbocycles. The molecule has 2 fully saturated rings. The van der Waals surface area contributed by atoms with Crippen LogP contribution in [-0.4, -0.2) is 35.1 Å². The van der Waals surface area contributed by atoms with Gasteiger partial charge in [0.1, 0.15) is 0 Å². The van der Waals surface area contributed by atoms with Crippen LogP contribution in [0.5, 0.6) is 0 Å². The van der Waals surface area contributed by atoms with E-state index in [2.05, 4.69) is 10.6 Å². The lowest BCUT2D eigenvalue weighted by Crippen LogP contribution is -2.57. The van der Waals surface area contributed by atoms with Crippen molar-refractivity contribution in [2.24, 2.45) is 5.92 Å². The van der Waals surface area contributed by atoms with Crippen molar-refractivity contribution >= 4 is 12.0 Å². The molecular formula is C10H14F2N2O3. The molecule has 1 aliphatic heterocycles. The zero-order chi connectivity index (χ0) is 12.7. The van der Waals surface area contributed by atoms with E-state index in [-0.39, 0.29) is 32.2 Å². The number of hydrogen-bond acceptors (Lipinski definition) is 2. The molecule has 17 heavy (non-hydrogen) atoms. The van der Waals surface area contributed by atoms with Gasteiger partial charge in [0.05, 0.1) is 6.54 Å². The summed E-state index contributed by atoms with van der Waals surface area (Å²) in [6.45, 7) is -0.0442. The van der Waals surface area contributed by atoms with E-state index in [4.69, 9.17) is 0 Å². The van der Waals surface area contributed by atoms with Crippen LogP contribution >= 0.6 is 0 Å². The summed E-state index contributed by atoms with van der Waals surface area (Å²) >= 11 is 0. The number of carbonyl (C=O) groups excluding carboxylic acids is 1. The summed E-state index contributed by atoms with van der Waals surface area (Å²) in [6.07, 6.45) is -0.409. The van der Waals surface area contributed by atoms with Crippen molar-refractivity contribution in [1.82, 2.24) is 10.6 Å². The number of alkyl halides is 2. The molecule has 0 aromatic heterocycles. The molecule has 1 saturated heterocycles. The molecule has 0 spiro atoms. The fraction of sp³-hybridized carbons (Fsp3) is 0.800. The van der Waals surface area contributed by atoms with Crippen LogP contribution in [0.15, 0.2) is 0 Å². The molecule has 2 rings (SSSR count). The smallest absolute Gasteiger partial charge is 0.331 e. The maximum atomic E-state index is 13.0. The largest absolute Gasteiger partial charge is 0.479 e. The first kappa shape index (κ1) is 12.1. The Labute approximate surface area is 96.6 Å². The number of amides is 2. The Kier molecular flexibility index (Phi) is 2.71. The molecule has 0 radical (unpaired) electrons. The Morgan fingerprint density at radius 1 is 1.35 bits per heavy atom. The molecule has 96 valence electrons. The van der Waals surface area contributed by atoms with E-state index in [0.717, 1.165) is 0 Å². The number of halogens is 2. The average molecular weight is 248 g/mol. The molecule has 0 aromatic rings. The first-order chi connectivity index (χ1) is 7.86. The minimum atomic E-state index is -2.70. The van der Waals surface area contributed by atoms with E-state index in [0.29, 0.717) is 0 Å². The highest BCUT2D eigenvalue weighted by Crippen LogP contribution is 2.41. The van der Waals surface area contributed by atoms with Crippen molar-refractivity contribution in [3.8, 4) is 0 Å². The summed E-state index contributed by atoms with van der Waals surface area (Å²) in [4.78, 5) is 22.4. The second-order valence-corrected chi connectivity index (χ2v) is 4.71. The number of carbonyl (C=O) groups is 2. The summed E-state index contributed by atoms with van der Waals surface area (Å²) < 4.78 is 26.0. The highest BCUT2D eigenvalue weighted by molar-refractivity contribution is 5.90. The van der Waals surface area contributed by atoms with Crippen molar-refractivity contribution < 1.29 is 23.5 Å². The van der Waals surface area contributed by atoms with E-state index in [1.54, 1.807) is 0 Å². The van der Waals surface area contributed by atoms with E-state index in [9.17, 15) is 23.5 Å². The molecule has 2 amide bonds. The first-order valence-electron chi connectivity index (χ1n) is 5.53. The van der Waals surface area contributed by atoms with Gasteiger partial charge in [0.15, 0.2) is 5.54 Å². The number of nitrogens with one attached hydrogen (secondary N) is 2. The standard InChI is InChI=1S/C10H14F2N2O3/c11-9(12)3-1-6(2-4-9)10(7(15)16)5-13-8(17)14-10/h6H,1-5H2,(H,15,16)(H2,13,14,17). The Morgan fingerprint density at radius 2 is 1.94 bits per heavy atom. The van der Waals surface area contributed by atoms with Crippen LogP contribution in [0.2, 0.25) is 0 Å². The van der Waals surface area contributed by atoms with Crippen LogP contribution < -0.4 is 10.6 Å². The van der Waals surface area contributed by atoms with Crippen molar-refractivity contribution in [3.63, 3.8) is 0 Å². The van der Waals surface area contributed by atoms with Gasteiger partial charge < -0.3 is 15.7 Å². The highest BCUT2D eigenvalue weighted by atomic mass is 19.3. The maximum Gasteiger partial charge on any atom is 0.331 e. The van der Waals surface area contributed by atoms with Gasteiger partial charge in [-0.15, -0.1) is 0 Å². The highest BCUT2D eigenvalue weighted by Gasteiger charge is 2.53. The van der Waals surface area contributed by atoms with Gasteiger partial charge in [-0.25, -0.2) is 18.4 Å². The summed E-state index contributed by atoms with van der Waals surface area (Å²) in [6, 6.07) is -0.551. The number of urea groups is 1. The van der Waals surface area contributed by atoms with Crippen LogP contribution in [-0.2, 0) is 4.79 Å². The zero-order valence-corrected chi connectivity index (χ0v) is 9.13. The summed E-state index contributed by atoms with van der Waals surface area (Å²) in [7, 11) is 0. The Bertz CT molecular complexity index is 351. The number of carboxylic acid groups (broad SMARTS) is 1. The lowest BCUT2D eigenvalue weighted by Gasteiger charge is -2.37. The second kappa shape index (κ2) is 3.82. The minimum Gasteiger partial charge on any atom is -0.479 e. The normalized spacial score (nSPS) is 32.9. The van der Waals surface area contributed by atoms with E-state index >= 15 is 0 Å². The van der Waals surface area contributed by atoms with Crippen LogP contribution in [0.25, 0.3) is 0 Å². The molecule has 3 N–H and O–H groups in total. The quantitative estimate of drug-likeness (QED) is 0.680. The van der Waals surface area contributed by atoms with Gasteiger partial charge in [-0.05, 0) is 18.8 Å². The Morgan fingerprint density at radius 3 is 2.35 bits per heavy atom. The molecule has 2 aliphatic rings. The van der Waals surface area contributed by atoms with Crippen LogP contribution in [0.1, 0.15) is 25.7 Å². The molecule has 1 unspecified atom stereocenters.